The van der Waals surface area contributed by atoms with Gasteiger partial charge < -0.3 is 9.13 Å². The van der Waals surface area contributed by atoms with Crippen molar-refractivity contribution in [2.75, 3.05) is 0 Å². The number of fused-ring (bicyclic) bond motifs is 12. The molecule has 10 heteroatoms. The molecule has 0 fully saturated rings. The van der Waals surface area contributed by atoms with E-state index in [9.17, 15) is 0 Å². The normalized spacial score (nSPS) is 12.0. The molecule has 15 aromatic rings. The molecule has 0 bridgehead atoms. The first-order valence-electron chi connectivity index (χ1n) is 24.1. The van der Waals surface area contributed by atoms with Crippen LogP contribution in [-0.2, 0) is 0 Å². The largest absolute Gasteiger partial charge is 0.305 e. The molecule has 0 saturated carbocycles. The molecule has 0 aliphatic rings. The Kier molecular flexibility index (Phi) is 8.55. The van der Waals surface area contributed by atoms with Gasteiger partial charge >= 0.3 is 0 Å². The zero-order valence-corrected chi connectivity index (χ0v) is 39.1. The highest BCUT2D eigenvalue weighted by Crippen LogP contribution is 2.50. The lowest BCUT2D eigenvalue weighted by Crippen LogP contribution is -2.16. The average Bonchev–Trinajstić information content (AvgIpc) is 4.16. The Morgan fingerprint density at radius 3 is 1.06 bits per heavy atom. The second-order valence-electron chi connectivity index (χ2n) is 18.4. The van der Waals surface area contributed by atoms with Crippen LogP contribution in [0, 0.1) is 13.8 Å². The van der Waals surface area contributed by atoms with Gasteiger partial charge in [0, 0.05) is 115 Å². The van der Waals surface area contributed by atoms with E-state index >= 15 is 0 Å². The van der Waals surface area contributed by atoms with Gasteiger partial charge in [-0.3, -0.25) is 34.1 Å². The van der Waals surface area contributed by atoms with E-state index < -0.39 is 0 Å². The summed E-state index contributed by atoms with van der Waals surface area (Å²) in [5, 5.41) is 8.44. The van der Waals surface area contributed by atoms with Crippen molar-refractivity contribution in [2.45, 2.75) is 13.8 Å². The summed E-state index contributed by atoms with van der Waals surface area (Å²) in [4.78, 5) is 30.3. The van der Waals surface area contributed by atoms with Crippen LogP contribution in [0.5, 0.6) is 0 Å². The highest BCUT2D eigenvalue weighted by molar-refractivity contribution is 6.16. The van der Waals surface area contributed by atoms with Gasteiger partial charge in [-0.15, -0.1) is 0 Å². The lowest BCUT2D eigenvalue weighted by atomic mass is 9.91. The van der Waals surface area contributed by atoms with Gasteiger partial charge in [0.25, 0.3) is 0 Å². The molecule has 0 amide bonds. The third kappa shape index (κ3) is 5.59. The van der Waals surface area contributed by atoms with Gasteiger partial charge in [-0.2, -0.15) is 0 Å². The molecule has 72 heavy (non-hydrogen) atoms. The lowest BCUT2D eigenvalue weighted by molar-refractivity contribution is 0.960. The number of nitrogens with zero attached hydrogens (tertiary/aromatic N) is 10. The Labute approximate surface area is 411 Å². The first kappa shape index (κ1) is 40.1. The van der Waals surface area contributed by atoms with E-state index in [1.807, 2.05) is 49.6 Å². The Hall–Kier alpha value is -9.80. The fourth-order valence-electron chi connectivity index (χ4n) is 11.6. The molecule has 0 spiro atoms. The van der Waals surface area contributed by atoms with Crippen LogP contribution in [0.2, 0.25) is 0 Å². The molecule has 15 rings (SSSR count). The van der Waals surface area contributed by atoms with Crippen molar-refractivity contribution in [1.82, 2.24) is 48.2 Å². The molecule has 10 heterocycles. The fourth-order valence-corrected chi connectivity index (χ4v) is 11.6. The zero-order valence-electron chi connectivity index (χ0n) is 39.1. The summed E-state index contributed by atoms with van der Waals surface area (Å²) in [5.74, 6) is 1.47. The summed E-state index contributed by atoms with van der Waals surface area (Å²) >= 11 is 0. The predicted molar refractivity (Wildman–Crippen MR) is 291 cm³/mol. The quantitative estimate of drug-likeness (QED) is 0.165. The number of aromatic nitrogens is 10. The Balaban J connectivity index is 1.30. The van der Waals surface area contributed by atoms with Gasteiger partial charge in [0.2, 0.25) is 0 Å². The number of benzene rings is 5. The molecule has 10 aromatic heterocycles. The topological polar surface area (TPSA) is 97.1 Å². The molecule has 0 radical (unpaired) electrons. The lowest BCUT2D eigenvalue weighted by Gasteiger charge is -2.27. The van der Waals surface area contributed by atoms with Gasteiger partial charge in [0.15, 0.2) is 11.6 Å². The first-order chi connectivity index (χ1) is 35.6. The summed E-state index contributed by atoms with van der Waals surface area (Å²) in [5.41, 5.74) is 15.7. The molecular formula is C62H40N10. The number of rotatable bonds is 6. The van der Waals surface area contributed by atoms with Crippen molar-refractivity contribution >= 4 is 87.2 Å². The second-order valence-corrected chi connectivity index (χ2v) is 18.4. The Morgan fingerprint density at radius 1 is 0.292 bits per heavy atom. The summed E-state index contributed by atoms with van der Waals surface area (Å²) in [6.45, 7) is 4.17. The van der Waals surface area contributed by atoms with E-state index in [1.54, 1.807) is 0 Å². The van der Waals surface area contributed by atoms with E-state index in [0.29, 0.717) is 0 Å². The van der Waals surface area contributed by atoms with Gasteiger partial charge in [-0.05, 0) is 79.6 Å². The number of aryl methyl sites for hydroxylation is 2. The van der Waals surface area contributed by atoms with Crippen LogP contribution < -0.4 is 0 Å². The van der Waals surface area contributed by atoms with Gasteiger partial charge in [0.05, 0.1) is 44.1 Å². The standard InChI is InChI=1S/C62H40N10/c1-37-23-24-39(38(2)67-37)40-13-3-4-18-45(40)58-59(69-50-19-9-5-14-41(50)46-33-63-29-25-54(46)69)61(71-52-21-11-7-16-43(52)48-35-65-31-27-56(48)71)68-62(72-53-22-12-8-17-44(53)49-36-66-32-28-57(49)72)60(58)70-51-20-10-6-15-42(51)47-34-64-30-26-55(47)70/h3-36H,1-2H3. The third-order valence-electron chi connectivity index (χ3n) is 14.6. The van der Waals surface area contributed by atoms with E-state index in [1.165, 1.54) is 0 Å². The SMILES string of the molecule is Cc1ccc(-c2ccccc2-c2c(-n3c4ccccc4c4cnccc43)c(-n3c4ccccc4c4cnccc43)nc(-n3c4ccccc4c4cnccc43)c2-n2c3ccccc3c3cnccc32)c(C)n1. The predicted octanol–water partition coefficient (Wildman–Crippen LogP) is 14.4. The van der Waals surface area contributed by atoms with Gasteiger partial charge in [-0.1, -0.05) is 103 Å². The number of pyridine rings is 6. The molecule has 0 aliphatic carbocycles. The summed E-state index contributed by atoms with van der Waals surface area (Å²) in [6.07, 6.45) is 15.5. The van der Waals surface area contributed by atoms with Crippen LogP contribution in [-0.4, -0.2) is 48.2 Å². The fraction of sp³-hybridized carbons (Fsp3) is 0.0323. The van der Waals surface area contributed by atoms with Crippen molar-refractivity contribution in [3.05, 3.63) is 219 Å². The molecular weight excluding hydrogens is 885 g/mol. The number of hydrogen-bond donors (Lipinski definition) is 0. The highest BCUT2D eigenvalue weighted by atomic mass is 15.2. The molecule has 5 aromatic carbocycles. The smallest absolute Gasteiger partial charge is 0.165 e. The van der Waals surface area contributed by atoms with Crippen LogP contribution in [0.1, 0.15) is 11.4 Å². The Morgan fingerprint density at radius 2 is 0.639 bits per heavy atom. The summed E-state index contributed by atoms with van der Waals surface area (Å²) < 4.78 is 9.57. The summed E-state index contributed by atoms with van der Waals surface area (Å²) in [7, 11) is 0. The second kappa shape index (κ2) is 15.4. The monoisotopic (exact) mass is 924 g/mol. The van der Waals surface area contributed by atoms with Gasteiger partial charge in [0.1, 0.15) is 11.4 Å². The van der Waals surface area contributed by atoms with E-state index in [2.05, 4.69) is 190 Å². The van der Waals surface area contributed by atoms with Crippen molar-refractivity contribution in [1.29, 1.82) is 0 Å². The Bertz CT molecular complexity index is 4280. The van der Waals surface area contributed by atoms with Crippen LogP contribution in [0.15, 0.2) is 207 Å². The first-order valence-corrected chi connectivity index (χ1v) is 24.1. The molecule has 0 atom stereocenters. The van der Waals surface area contributed by atoms with Crippen LogP contribution >= 0.6 is 0 Å². The number of hydrogen-bond acceptors (Lipinski definition) is 6. The highest BCUT2D eigenvalue weighted by Gasteiger charge is 2.33. The number of para-hydroxylation sites is 4. The average molecular weight is 925 g/mol. The van der Waals surface area contributed by atoms with E-state index in [-0.39, 0.29) is 0 Å². The van der Waals surface area contributed by atoms with Crippen LogP contribution in [0.25, 0.3) is 132 Å². The maximum absolute atomic E-state index is 6.31. The molecule has 0 saturated heterocycles. The molecule has 0 aliphatic heterocycles. The molecule has 0 unspecified atom stereocenters. The van der Waals surface area contributed by atoms with E-state index in [0.717, 1.165) is 144 Å². The van der Waals surface area contributed by atoms with E-state index in [4.69, 9.17) is 29.9 Å². The maximum Gasteiger partial charge on any atom is 0.165 e. The van der Waals surface area contributed by atoms with Gasteiger partial charge in [-0.25, -0.2) is 4.98 Å². The van der Waals surface area contributed by atoms with Crippen molar-refractivity contribution < 1.29 is 0 Å². The molecule has 0 N–H and O–H groups in total. The summed E-state index contributed by atoms with van der Waals surface area (Å²) in [6, 6.07) is 56.2. The maximum atomic E-state index is 6.31. The van der Waals surface area contributed by atoms with Crippen molar-refractivity contribution in [3.8, 4) is 45.3 Å². The van der Waals surface area contributed by atoms with Crippen LogP contribution in [0.3, 0.4) is 0 Å². The minimum Gasteiger partial charge on any atom is -0.305 e. The van der Waals surface area contributed by atoms with Crippen molar-refractivity contribution in [3.63, 3.8) is 0 Å². The third-order valence-corrected chi connectivity index (χ3v) is 14.6. The zero-order chi connectivity index (χ0) is 47.6. The van der Waals surface area contributed by atoms with Crippen molar-refractivity contribution in [2.24, 2.45) is 0 Å². The molecule has 338 valence electrons. The minimum atomic E-state index is 0.733. The molecule has 10 nitrogen and oxygen atoms in total. The van der Waals surface area contributed by atoms with Crippen LogP contribution in [0.4, 0.5) is 0 Å². The minimum absolute atomic E-state index is 0.733.